The Balaban J connectivity index is 1.74. The summed E-state index contributed by atoms with van der Waals surface area (Å²) < 4.78 is 5.15. The van der Waals surface area contributed by atoms with E-state index >= 15 is 0 Å². The summed E-state index contributed by atoms with van der Waals surface area (Å²) in [5.41, 5.74) is 0. The molecule has 64 valence electrons. The van der Waals surface area contributed by atoms with E-state index in [0.29, 0.717) is 0 Å². The Morgan fingerprint density at radius 2 is 2.18 bits per heavy atom. The molecule has 0 radical (unpaired) electrons. The molecule has 0 amide bonds. The van der Waals surface area contributed by atoms with E-state index in [1.54, 1.807) is 7.11 Å². The first-order chi connectivity index (χ1) is 5.40. The molecule has 1 heterocycles. The summed E-state index contributed by atoms with van der Waals surface area (Å²) in [5.74, 6) is 0.820. The zero-order valence-corrected chi connectivity index (χ0v) is 7.25. The fourth-order valence-electron chi connectivity index (χ4n) is 2.01. The quantitative estimate of drug-likeness (QED) is 0.605. The lowest BCUT2D eigenvalue weighted by Crippen LogP contribution is -2.23. The van der Waals surface area contributed by atoms with Crippen LogP contribution in [0.2, 0.25) is 0 Å². The smallest absolute Gasteiger partial charge is 0.0503 e. The van der Waals surface area contributed by atoms with Crippen LogP contribution in [-0.2, 0) is 4.74 Å². The Morgan fingerprint density at radius 1 is 1.36 bits per heavy atom. The van der Waals surface area contributed by atoms with Gasteiger partial charge in [-0.05, 0) is 31.7 Å². The largest absolute Gasteiger partial charge is 0.384 e. The zero-order valence-electron chi connectivity index (χ0n) is 7.25. The highest BCUT2D eigenvalue weighted by atomic mass is 16.5. The normalized spacial score (nSPS) is 33.0. The van der Waals surface area contributed by atoms with Gasteiger partial charge in [0.15, 0.2) is 0 Å². The Hall–Kier alpha value is -0.0800. The highest BCUT2D eigenvalue weighted by molar-refractivity contribution is 4.89. The maximum absolute atomic E-state index is 5.15. The van der Waals surface area contributed by atoms with Crippen molar-refractivity contribution < 1.29 is 4.74 Å². The molecule has 2 fully saturated rings. The topological polar surface area (TPSA) is 12.5 Å². The van der Waals surface area contributed by atoms with Crippen LogP contribution in [-0.4, -0.2) is 37.7 Å². The van der Waals surface area contributed by atoms with Gasteiger partial charge in [0.05, 0.1) is 6.61 Å². The number of methoxy groups -OCH3 is 1. The Labute approximate surface area is 68.5 Å². The van der Waals surface area contributed by atoms with E-state index in [2.05, 4.69) is 4.90 Å². The molecule has 1 aliphatic carbocycles. The van der Waals surface area contributed by atoms with Crippen LogP contribution in [0.3, 0.4) is 0 Å². The van der Waals surface area contributed by atoms with Crippen LogP contribution in [0.1, 0.15) is 19.3 Å². The number of nitrogens with zero attached hydrogens (tertiary/aromatic N) is 1. The second-order valence-corrected chi connectivity index (χ2v) is 3.84. The molecule has 1 unspecified atom stereocenters. The molecule has 0 aromatic rings. The minimum atomic E-state index is 0.820. The average Bonchev–Trinajstić information content (AvgIpc) is 2.75. The Morgan fingerprint density at radius 3 is 2.82 bits per heavy atom. The van der Waals surface area contributed by atoms with Crippen LogP contribution < -0.4 is 0 Å². The van der Waals surface area contributed by atoms with E-state index in [1.165, 1.54) is 32.4 Å². The molecule has 2 heteroatoms. The van der Waals surface area contributed by atoms with Crippen molar-refractivity contribution in [3.8, 4) is 0 Å². The summed E-state index contributed by atoms with van der Waals surface area (Å²) in [6.07, 6.45) is 4.24. The second kappa shape index (κ2) is 3.11. The number of likely N-dealkylation sites (tertiary alicyclic amines) is 1. The summed E-state index contributed by atoms with van der Waals surface area (Å²) in [6, 6.07) is 0.955. The molecule has 1 saturated heterocycles. The average molecular weight is 155 g/mol. The number of rotatable bonds is 3. The van der Waals surface area contributed by atoms with Crippen molar-refractivity contribution in [1.82, 2.24) is 4.90 Å². The minimum Gasteiger partial charge on any atom is -0.384 e. The van der Waals surface area contributed by atoms with E-state index < -0.39 is 0 Å². The molecular weight excluding hydrogens is 138 g/mol. The molecule has 0 bridgehead atoms. The molecule has 1 saturated carbocycles. The maximum atomic E-state index is 5.15. The van der Waals surface area contributed by atoms with Gasteiger partial charge in [-0.15, -0.1) is 0 Å². The minimum absolute atomic E-state index is 0.820. The van der Waals surface area contributed by atoms with Gasteiger partial charge in [-0.1, -0.05) is 0 Å². The number of hydrogen-bond acceptors (Lipinski definition) is 2. The zero-order chi connectivity index (χ0) is 7.68. The maximum Gasteiger partial charge on any atom is 0.0503 e. The molecule has 0 N–H and O–H groups in total. The van der Waals surface area contributed by atoms with E-state index in [0.717, 1.165) is 18.6 Å². The van der Waals surface area contributed by atoms with Crippen LogP contribution in [0.5, 0.6) is 0 Å². The van der Waals surface area contributed by atoms with Crippen molar-refractivity contribution in [2.24, 2.45) is 5.92 Å². The molecule has 2 nitrogen and oxygen atoms in total. The standard InChI is InChI=1S/C9H17NO/c1-11-7-8-4-5-10(6-8)9-2-3-9/h8-9H,2-7H2,1H3. The second-order valence-electron chi connectivity index (χ2n) is 3.84. The molecule has 2 rings (SSSR count). The third-order valence-corrected chi connectivity index (χ3v) is 2.78. The Bertz CT molecular complexity index is 134. The van der Waals surface area contributed by atoms with Crippen molar-refractivity contribution in [2.75, 3.05) is 26.8 Å². The third kappa shape index (κ3) is 1.74. The number of hydrogen-bond donors (Lipinski definition) is 0. The van der Waals surface area contributed by atoms with Gasteiger partial charge >= 0.3 is 0 Å². The van der Waals surface area contributed by atoms with Crippen LogP contribution in [0, 0.1) is 5.92 Å². The highest BCUT2D eigenvalue weighted by Crippen LogP contribution is 2.31. The molecule has 2 aliphatic rings. The van der Waals surface area contributed by atoms with Gasteiger partial charge in [-0.2, -0.15) is 0 Å². The van der Waals surface area contributed by atoms with Crippen LogP contribution >= 0.6 is 0 Å². The van der Waals surface area contributed by atoms with E-state index in [-0.39, 0.29) is 0 Å². The van der Waals surface area contributed by atoms with Crippen molar-refractivity contribution in [2.45, 2.75) is 25.3 Å². The van der Waals surface area contributed by atoms with Gasteiger partial charge < -0.3 is 9.64 Å². The third-order valence-electron chi connectivity index (χ3n) is 2.78. The number of ether oxygens (including phenoxy) is 1. The van der Waals surface area contributed by atoms with Gasteiger partial charge in [0.25, 0.3) is 0 Å². The van der Waals surface area contributed by atoms with Crippen molar-refractivity contribution in [3.05, 3.63) is 0 Å². The molecular formula is C9H17NO. The molecule has 0 aromatic carbocycles. The van der Waals surface area contributed by atoms with E-state index in [9.17, 15) is 0 Å². The molecule has 11 heavy (non-hydrogen) atoms. The van der Waals surface area contributed by atoms with Crippen molar-refractivity contribution >= 4 is 0 Å². The fourth-order valence-corrected chi connectivity index (χ4v) is 2.01. The SMILES string of the molecule is COCC1CCN(C2CC2)C1. The lowest BCUT2D eigenvalue weighted by Gasteiger charge is -2.13. The van der Waals surface area contributed by atoms with Gasteiger partial charge in [0.1, 0.15) is 0 Å². The van der Waals surface area contributed by atoms with E-state index in [1.807, 2.05) is 0 Å². The van der Waals surface area contributed by atoms with Crippen LogP contribution in [0.15, 0.2) is 0 Å². The predicted octanol–water partition coefficient (Wildman–Crippen LogP) is 1.12. The van der Waals surface area contributed by atoms with E-state index in [4.69, 9.17) is 4.74 Å². The summed E-state index contributed by atoms with van der Waals surface area (Å²) in [5, 5.41) is 0. The van der Waals surface area contributed by atoms with Crippen molar-refractivity contribution in [1.29, 1.82) is 0 Å². The lowest BCUT2D eigenvalue weighted by atomic mass is 10.1. The fraction of sp³-hybridized carbons (Fsp3) is 1.00. The van der Waals surface area contributed by atoms with Crippen LogP contribution in [0.25, 0.3) is 0 Å². The summed E-state index contributed by atoms with van der Waals surface area (Å²) in [6.45, 7) is 3.57. The van der Waals surface area contributed by atoms with Gasteiger partial charge in [0.2, 0.25) is 0 Å². The summed E-state index contributed by atoms with van der Waals surface area (Å²) in [7, 11) is 1.81. The predicted molar refractivity (Wildman–Crippen MR) is 44.6 cm³/mol. The molecule has 1 aliphatic heterocycles. The summed E-state index contributed by atoms with van der Waals surface area (Å²) >= 11 is 0. The molecule has 1 atom stereocenters. The van der Waals surface area contributed by atoms with Gasteiger partial charge in [0, 0.05) is 19.7 Å². The molecule has 0 aromatic heterocycles. The van der Waals surface area contributed by atoms with Crippen LogP contribution in [0.4, 0.5) is 0 Å². The van der Waals surface area contributed by atoms with Crippen molar-refractivity contribution in [3.63, 3.8) is 0 Å². The first-order valence-electron chi connectivity index (χ1n) is 4.63. The first kappa shape index (κ1) is 7.56. The lowest BCUT2D eigenvalue weighted by molar-refractivity contribution is 0.152. The summed E-state index contributed by atoms with van der Waals surface area (Å²) in [4.78, 5) is 2.63. The highest BCUT2D eigenvalue weighted by Gasteiger charge is 2.33. The first-order valence-corrected chi connectivity index (χ1v) is 4.63. The molecule has 0 spiro atoms. The van der Waals surface area contributed by atoms with Gasteiger partial charge in [-0.3, -0.25) is 0 Å². The van der Waals surface area contributed by atoms with Gasteiger partial charge in [-0.25, -0.2) is 0 Å². The monoisotopic (exact) mass is 155 g/mol. The Kier molecular flexibility index (Phi) is 2.14.